The van der Waals surface area contributed by atoms with Crippen LogP contribution in [0.25, 0.3) is 0 Å². The largest absolute Gasteiger partial charge is 0.508 e. The van der Waals surface area contributed by atoms with E-state index in [1.54, 1.807) is 31.2 Å². The molecule has 0 saturated carbocycles. The van der Waals surface area contributed by atoms with Gasteiger partial charge < -0.3 is 5.11 Å². The molecule has 0 bridgehead atoms. The van der Waals surface area contributed by atoms with E-state index in [1.807, 2.05) is 0 Å². The zero-order valence-electron chi connectivity index (χ0n) is 11.1. The monoisotopic (exact) mass is 368 g/mol. The van der Waals surface area contributed by atoms with E-state index >= 15 is 0 Å². The molecule has 0 radical (unpaired) electrons. The molecular formula is C14H13BrN2O3S. The number of rotatable bonds is 4. The Morgan fingerprint density at radius 1 is 1.10 bits per heavy atom. The highest BCUT2D eigenvalue weighted by Crippen LogP contribution is 2.15. The molecule has 2 N–H and O–H groups in total. The first-order valence-corrected chi connectivity index (χ1v) is 8.27. The molecule has 2 aromatic carbocycles. The van der Waals surface area contributed by atoms with Gasteiger partial charge in [-0.1, -0.05) is 15.9 Å². The van der Waals surface area contributed by atoms with Crippen LogP contribution in [0.1, 0.15) is 12.5 Å². The maximum Gasteiger partial charge on any atom is 0.276 e. The van der Waals surface area contributed by atoms with Gasteiger partial charge in [0.2, 0.25) is 0 Å². The number of nitrogens with one attached hydrogen (secondary N) is 1. The fourth-order valence-corrected chi connectivity index (χ4v) is 2.68. The molecule has 0 amide bonds. The van der Waals surface area contributed by atoms with Crippen LogP contribution in [-0.4, -0.2) is 19.2 Å². The van der Waals surface area contributed by atoms with Gasteiger partial charge in [-0.3, -0.25) is 0 Å². The second-order valence-corrected chi connectivity index (χ2v) is 6.87. The van der Waals surface area contributed by atoms with Gasteiger partial charge in [-0.25, -0.2) is 0 Å². The smallest absolute Gasteiger partial charge is 0.276 e. The summed E-state index contributed by atoms with van der Waals surface area (Å²) in [5.41, 5.74) is 1.21. The van der Waals surface area contributed by atoms with Crippen LogP contribution in [-0.2, 0) is 10.0 Å². The minimum Gasteiger partial charge on any atom is -0.508 e. The molecule has 0 heterocycles. The van der Waals surface area contributed by atoms with E-state index in [9.17, 15) is 13.5 Å². The highest BCUT2D eigenvalue weighted by Gasteiger charge is 2.12. The summed E-state index contributed by atoms with van der Waals surface area (Å²) >= 11 is 3.25. The Morgan fingerprint density at radius 3 is 2.24 bits per heavy atom. The van der Waals surface area contributed by atoms with Crippen molar-refractivity contribution in [1.29, 1.82) is 0 Å². The maximum absolute atomic E-state index is 12.1. The molecule has 0 aliphatic rings. The summed E-state index contributed by atoms with van der Waals surface area (Å²) in [7, 11) is -3.70. The fraction of sp³-hybridized carbons (Fsp3) is 0.0714. The number of phenols is 1. The lowest BCUT2D eigenvalue weighted by atomic mass is 10.1. The fourth-order valence-electron chi connectivity index (χ4n) is 1.56. The van der Waals surface area contributed by atoms with E-state index in [1.165, 1.54) is 24.3 Å². The van der Waals surface area contributed by atoms with Gasteiger partial charge in [-0.2, -0.15) is 18.4 Å². The molecule has 0 fully saturated rings. The van der Waals surface area contributed by atoms with Crippen molar-refractivity contribution in [2.45, 2.75) is 11.8 Å². The Balaban J connectivity index is 2.18. The SMILES string of the molecule is C/C(=N\NS(=O)(=O)c1ccc(Br)cc1)c1ccc(O)cc1. The van der Waals surface area contributed by atoms with Gasteiger partial charge >= 0.3 is 0 Å². The van der Waals surface area contributed by atoms with Gasteiger partial charge in [-0.15, -0.1) is 0 Å². The van der Waals surface area contributed by atoms with Crippen LogP contribution >= 0.6 is 15.9 Å². The zero-order valence-corrected chi connectivity index (χ0v) is 13.5. The summed E-state index contributed by atoms with van der Waals surface area (Å²) in [4.78, 5) is 2.32. The highest BCUT2D eigenvalue weighted by molar-refractivity contribution is 9.10. The second-order valence-electron chi connectivity index (χ2n) is 4.29. The Labute approximate surface area is 131 Å². The molecular weight excluding hydrogens is 356 g/mol. The van der Waals surface area contributed by atoms with Crippen molar-refractivity contribution in [1.82, 2.24) is 4.83 Å². The first-order chi connectivity index (χ1) is 9.88. The zero-order chi connectivity index (χ0) is 15.5. The normalized spacial score (nSPS) is 12.2. The van der Waals surface area contributed by atoms with E-state index in [4.69, 9.17) is 0 Å². The third-order valence-electron chi connectivity index (χ3n) is 2.74. The molecule has 7 heteroatoms. The van der Waals surface area contributed by atoms with E-state index < -0.39 is 10.0 Å². The number of benzene rings is 2. The van der Waals surface area contributed by atoms with E-state index in [-0.39, 0.29) is 10.6 Å². The molecule has 0 unspecified atom stereocenters. The molecule has 0 aromatic heterocycles. The summed E-state index contributed by atoms with van der Waals surface area (Å²) in [6.45, 7) is 1.68. The van der Waals surface area contributed by atoms with Gasteiger partial charge in [0, 0.05) is 4.47 Å². The van der Waals surface area contributed by atoms with Crippen molar-refractivity contribution < 1.29 is 13.5 Å². The van der Waals surface area contributed by atoms with Crippen LogP contribution in [0, 0.1) is 0 Å². The molecule has 0 aliphatic heterocycles. The summed E-state index contributed by atoms with van der Waals surface area (Å²) in [5, 5.41) is 13.1. The molecule has 0 atom stereocenters. The molecule has 110 valence electrons. The lowest BCUT2D eigenvalue weighted by Gasteiger charge is -2.05. The maximum atomic E-state index is 12.1. The van der Waals surface area contributed by atoms with Crippen LogP contribution in [0.15, 0.2) is 63.0 Å². The van der Waals surface area contributed by atoms with Crippen molar-refractivity contribution >= 4 is 31.7 Å². The van der Waals surface area contributed by atoms with E-state index in [2.05, 4.69) is 25.9 Å². The lowest BCUT2D eigenvalue weighted by Crippen LogP contribution is -2.19. The molecule has 0 aliphatic carbocycles. The number of halogens is 1. The van der Waals surface area contributed by atoms with Crippen molar-refractivity contribution in [3.63, 3.8) is 0 Å². The van der Waals surface area contributed by atoms with Crippen molar-refractivity contribution in [3.05, 3.63) is 58.6 Å². The van der Waals surface area contributed by atoms with Crippen LogP contribution in [0.3, 0.4) is 0 Å². The van der Waals surface area contributed by atoms with Gasteiger partial charge in [0.05, 0.1) is 10.6 Å². The van der Waals surface area contributed by atoms with Crippen LogP contribution in [0.2, 0.25) is 0 Å². The molecule has 21 heavy (non-hydrogen) atoms. The molecule has 0 spiro atoms. The number of hydrogen-bond acceptors (Lipinski definition) is 4. The predicted molar refractivity (Wildman–Crippen MR) is 84.8 cm³/mol. The first kappa shape index (κ1) is 15.5. The summed E-state index contributed by atoms with van der Waals surface area (Å²) in [6, 6.07) is 12.6. The number of aromatic hydroxyl groups is 1. The number of hydrogen-bond donors (Lipinski definition) is 2. The predicted octanol–water partition coefficient (Wildman–Crippen LogP) is 2.86. The summed E-state index contributed by atoms with van der Waals surface area (Å²) < 4.78 is 24.9. The van der Waals surface area contributed by atoms with Gasteiger partial charge in [0.25, 0.3) is 10.0 Å². The number of phenolic OH excluding ortho intramolecular Hbond substituents is 1. The quantitative estimate of drug-likeness (QED) is 0.643. The third-order valence-corrected chi connectivity index (χ3v) is 4.50. The minimum absolute atomic E-state index is 0.132. The van der Waals surface area contributed by atoms with Crippen molar-refractivity contribution in [3.8, 4) is 5.75 Å². The average Bonchev–Trinajstić information content (AvgIpc) is 2.46. The van der Waals surface area contributed by atoms with Gasteiger partial charge in [-0.05, 0) is 61.0 Å². The van der Waals surface area contributed by atoms with Crippen LogP contribution in [0.5, 0.6) is 5.75 Å². The molecule has 5 nitrogen and oxygen atoms in total. The van der Waals surface area contributed by atoms with Crippen LogP contribution < -0.4 is 4.83 Å². The molecule has 0 saturated heterocycles. The Kier molecular flexibility index (Phi) is 4.64. The second kappa shape index (κ2) is 6.28. The Hall–Kier alpha value is -1.86. The van der Waals surface area contributed by atoms with E-state index in [0.717, 1.165) is 4.47 Å². The lowest BCUT2D eigenvalue weighted by molar-refractivity contribution is 0.475. The van der Waals surface area contributed by atoms with Crippen LogP contribution in [0.4, 0.5) is 0 Å². The highest BCUT2D eigenvalue weighted by atomic mass is 79.9. The third kappa shape index (κ3) is 4.05. The first-order valence-electron chi connectivity index (χ1n) is 5.99. The number of hydrazone groups is 1. The summed E-state index contributed by atoms with van der Waals surface area (Å²) in [5.74, 6) is 0.141. The van der Waals surface area contributed by atoms with Gasteiger partial charge in [0.1, 0.15) is 5.75 Å². The Bertz CT molecular complexity index is 754. The van der Waals surface area contributed by atoms with Crippen molar-refractivity contribution in [2.75, 3.05) is 0 Å². The van der Waals surface area contributed by atoms with Gasteiger partial charge in [0.15, 0.2) is 0 Å². The molecule has 2 aromatic rings. The average molecular weight is 369 g/mol. The Morgan fingerprint density at radius 2 is 1.67 bits per heavy atom. The van der Waals surface area contributed by atoms with E-state index in [0.29, 0.717) is 11.3 Å². The summed E-state index contributed by atoms with van der Waals surface area (Å²) in [6.07, 6.45) is 0. The topological polar surface area (TPSA) is 78.8 Å². The minimum atomic E-state index is -3.70. The molecule has 2 rings (SSSR count). The number of nitrogens with zero attached hydrogens (tertiary/aromatic N) is 1. The standard InChI is InChI=1S/C14H13BrN2O3S/c1-10(11-2-6-13(18)7-3-11)16-17-21(19,20)14-8-4-12(15)5-9-14/h2-9,17-18H,1H3/b16-10+. The van der Waals surface area contributed by atoms with Crippen molar-refractivity contribution in [2.24, 2.45) is 5.10 Å². The number of sulfonamides is 1.